The average molecular weight is 154 g/mol. The van der Waals surface area contributed by atoms with E-state index in [2.05, 4.69) is 15.4 Å². The van der Waals surface area contributed by atoms with Crippen molar-refractivity contribution in [1.82, 2.24) is 9.97 Å². The summed E-state index contributed by atoms with van der Waals surface area (Å²) in [6, 6.07) is 1.69. The van der Waals surface area contributed by atoms with Crippen molar-refractivity contribution < 1.29 is 5.11 Å². The van der Waals surface area contributed by atoms with Crippen LogP contribution in [0, 0.1) is 6.92 Å². The molecule has 1 aromatic rings. The van der Waals surface area contributed by atoms with Gasteiger partial charge >= 0.3 is 0 Å². The molecular weight excluding hydrogens is 144 g/mol. The summed E-state index contributed by atoms with van der Waals surface area (Å²) in [4.78, 5) is 7.82. The number of nitrogen functional groups attached to an aromatic ring is 1. The maximum atomic E-state index is 8.69. The molecule has 0 aliphatic rings. The van der Waals surface area contributed by atoms with E-state index in [-0.39, 0.29) is 6.61 Å². The highest BCUT2D eigenvalue weighted by Crippen LogP contribution is 2.03. The Bertz CT molecular complexity index is 228. The first-order chi connectivity index (χ1) is 5.26. The smallest absolute Gasteiger partial charge is 0.156 e. The second-order valence-electron chi connectivity index (χ2n) is 2.11. The van der Waals surface area contributed by atoms with Crippen molar-refractivity contribution >= 4 is 5.82 Å². The lowest BCUT2D eigenvalue weighted by molar-refractivity contribution is 0.271. The number of rotatable bonds is 2. The number of aryl methyl sites for hydroxylation is 1. The van der Waals surface area contributed by atoms with E-state index in [4.69, 9.17) is 10.9 Å². The molecule has 0 amide bonds. The molecule has 4 N–H and O–H groups in total. The lowest BCUT2D eigenvalue weighted by atomic mass is 10.4. The maximum Gasteiger partial charge on any atom is 0.156 e. The minimum Gasteiger partial charge on any atom is -0.388 e. The summed E-state index contributed by atoms with van der Waals surface area (Å²) in [6.07, 6.45) is 0. The molecule has 1 aromatic heterocycles. The first kappa shape index (κ1) is 7.90. The molecule has 0 bridgehead atoms. The third-order valence-corrected chi connectivity index (χ3v) is 1.19. The molecule has 0 saturated heterocycles. The monoisotopic (exact) mass is 154 g/mol. The summed E-state index contributed by atoms with van der Waals surface area (Å²) in [6.45, 7) is 1.64. The van der Waals surface area contributed by atoms with Crippen molar-refractivity contribution in [2.45, 2.75) is 13.5 Å². The number of nitrogens with zero attached hydrogens (tertiary/aromatic N) is 2. The van der Waals surface area contributed by atoms with Crippen LogP contribution in [0.1, 0.15) is 11.5 Å². The van der Waals surface area contributed by atoms with Gasteiger partial charge in [-0.05, 0) is 6.92 Å². The molecule has 0 aliphatic heterocycles. The van der Waals surface area contributed by atoms with E-state index in [9.17, 15) is 0 Å². The topological polar surface area (TPSA) is 84.1 Å². The number of aliphatic hydroxyl groups excluding tert-OH is 1. The van der Waals surface area contributed by atoms with Crippen LogP contribution >= 0.6 is 0 Å². The zero-order valence-electron chi connectivity index (χ0n) is 6.20. The Hall–Kier alpha value is -1.20. The van der Waals surface area contributed by atoms with E-state index < -0.39 is 0 Å². The summed E-state index contributed by atoms with van der Waals surface area (Å²) in [7, 11) is 0. The number of aromatic nitrogens is 2. The van der Waals surface area contributed by atoms with Gasteiger partial charge in [0.05, 0.1) is 0 Å². The van der Waals surface area contributed by atoms with Crippen LogP contribution in [0.15, 0.2) is 6.07 Å². The molecule has 0 saturated carbocycles. The van der Waals surface area contributed by atoms with Crippen molar-refractivity contribution in [3.8, 4) is 0 Å². The van der Waals surface area contributed by atoms with Gasteiger partial charge in [0.1, 0.15) is 12.4 Å². The van der Waals surface area contributed by atoms with Crippen LogP contribution in [0.2, 0.25) is 0 Å². The van der Waals surface area contributed by atoms with Crippen molar-refractivity contribution in [1.29, 1.82) is 0 Å². The fourth-order valence-corrected chi connectivity index (χ4v) is 0.775. The highest BCUT2D eigenvalue weighted by Gasteiger charge is 1.97. The number of aliphatic hydroxyl groups is 1. The fourth-order valence-electron chi connectivity index (χ4n) is 0.775. The highest BCUT2D eigenvalue weighted by molar-refractivity contribution is 5.33. The second kappa shape index (κ2) is 3.27. The predicted octanol–water partition coefficient (Wildman–Crippen LogP) is -0.437. The quantitative estimate of drug-likeness (QED) is 0.397. The van der Waals surface area contributed by atoms with Crippen molar-refractivity contribution in [2.75, 3.05) is 5.43 Å². The number of hydrogen-bond acceptors (Lipinski definition) is 5. The van der Waals surface area contributed by atoms with Gasteiger partial charge in [-0.25, -0.2) is 15.8 Å². The Morgan fingerprint density at radius 3 is 2.91 bits per heavy atom. The zero-order chi connectivity index (χ0) is 8.27. The van der Waals surface area contributed by atoms with Gasteiger partial charge in [-0.2, -0.15) is 0 Å². The number of nitrogens with two attached hydrogens (primary N) is 1. The molecule has 5 heteroatoms. The molecule has 0 fully saturated rings. The predicted molar refractivity (Wildman–Crippen MR) is 40.5 cm³/mol. The van der Waals surface area contributed by atoms with E-state index in [0.717, 1.165) is 5.69 Å². The Balaban J connectivity index is 3.02. The van der Waals surface area contributed by atoms with E-state index in [1.54, 1.807) is 6.07 Å². The molecule has 0 radical (unpaired) electrons. The van der Waals surface area contributed by atoms with Crippen LogP contribution in [0.25, 0.3) is 0 Å². The van der Waals surface area contributed by atoms with Gasteiger partial charge in [-0.1, -0.05) is 0 Å². The van der Waals surface area contributed by atoms with Crippen molar-refractivity contribution in [3.05, 3.63) is 17.6 Å². The summed E-state index contributed by atoms with van der Waals surface area (Å²) in [5.74, 6) is 6.01. The number of hydrogen-bond donors (Lipinski definition) is 3. The van der Waals surface area contributed by atoms with Gasteiger partial charge in [-0.15, -0.1) is 0 Å². The summed E-state index contributed by atoms with van der Waals surface area (Å²) >= 11 is 0. The number of hydrazine groups is 1. The summed E-state index contributed by atoms with van der Waals surface area (Å²) < 4.78 is 0. The van der Waals surface area contributed by atoms with Crippen LogP contribution in [0.4, 0.5) is 5.82 Å². The van der Waals surface area contributed by atoms with Gasteiger partial charge < -0.3 is 10.5 Å². The Morgan fingerprint density at radius 2 is 2.36 bits per heavy atom. The normalized spacial score (nSPS) is 9.73. The Kier molecular flexibility index (Phi) is 2.35. The van der Waals surface area contributed by atoms with Crippen LogP contribution < -0.4 is 11.3 Å². The summed E-state index contributed by atoms with van der Waals surface area (Å²) in [5, 5.41) is 8.69. The molecule has 0 atom stereocenters. The number of nitrogens with one attached hydrogen (secondary N) is 1. The van der Waals surface area contributed by atoms with E-state index in [1.165, 1.54) is 0 Å². The standard InChI is InChI=1S/C6H10N4O/c1-4-2-5(10-7)9-6(3-11)8-4/h2,11H,3,7H2,1H3,(H,8,9,10). The van der Waals surface area contributed by atoms with E-state index in [0.29, 0.717) is 11.6 Å². The molecule has 0 aliphatic carbocycles. The Morgan fingerprint density at radius 1 is 1.64 bits per heavy atom. The van der Waals surface area contributed by atoms with Crippen LogP contribution in [0.3, 0.4) is 0 Å². The number of anilines is 1. The first-order valence-corrected chi connectivity index (χ1v) is 3.18. The van der Waals surface area contributed by atoms with E-state index >= 15 is 0 Å². The Labute approximate surface area is 64.3 Å². The average Bonchev–Trinajstić information content (AvgIpc) is 2.03. The van der Waals surface area contributed by atoms with Crippen molar-refractivity contribution in [2.24, 2.45) is 5.84 Å². The molecular formula is C6H10N4O. The molecule has 0 aromatic carbocycles. The third kappa shape index (κ3) is 1.86. The van der Waals surface area contributed by atoms with Gasteiger partial charge in [0, 0.05) is 11.8 Å². The van der Waals surface area contributed by atoms with Crippen LogP contribution in [0.5, 0.6) is 0 Å². The molecule has 0 spiro atoms. The van der Waals surface area contributed by atoms with Gasteiger partial charge in [0.15, 0.2) is 5.82 Å². The summed E-state index contributed by atoms with van der Waals surface area (Å²) in [5.41, 5.74) is 3.16. The van der Waals surface area contributed by atoms with Gasteiger partial charge in [0.2, 0.25) is 0 Å². The maximum absolute atomic E-state index is 8.69. The van der Waals surface area contributed by atoms with Crippen LogP contribution in [-0.2, 0) is 6.61 Å². The van der Waals surface area contributed by atoms with E-state index in [1.807, 2.05) is 6.92 Å². The second-order valence-corrected chi connectivity index (χ2v) is 2.11. The van der Waals surface area contributed by atoms with Crippen molar-refractivity contribution in [3.63, 3.8) is 0 Å². The molecule has 60 valence electrons. The van der Waals surface area contributed by atoms with Gasteiger partial charge in [0.25, 0.3) is 0 Å². The lowest BCUT2D eigenvalue weighted by Crippen LogP contribution is -2.10. The first-order valence-electron chi connectivity index (χ1n) is 3.18. The van der Waals surface area contributed by atoms with Gasteiger partial charge in [-0.3, -0.25) is 0 Å². The largest absolute Gasteiger partial charge is 0.388 e. The zero-order valence-corrected chi connectivity index (χ0v) is 6.20. The SMILES string of the molecule is Cc1cc(NN)nc(CO)n1. The highest BCUT2D eigenvalue weighted by atomic mass is 16.3. The lowest BCUT2D eigenvalue weighted by Gasteiger charge is -2.01. The van der Waals surface area contributed by atoms with Crippen LogP contribution in [-0.4, -0.2) is 15.1 Å². The molecule has 5 nitrogen and oxygen atoms in total. The third-order valence-electron chi connectivity index (χ3n) is 1.19. The fraction of sp³-hybridized carbons (Fsp3) is 0.333. The minimum atomic E-state index is -0.170. The minimum absolute atomic E-state index is 0.170. The molecule has 1 heterocycles. The molecule has 1 rings (SSSR count). The molecule has 11 heavy (non-hydrogen) atoms. The molecule has 0 unspecified atom stereocenters.